The molecule has 0 unspecified atom stereocenters. The lowest BCUT2D eigenvalue weighted by Gasteiger charge is -2.16. The minimum Gasteiger partial charge on any atom is -0.456 e. The Morgan fingerprint density at radius 2 is 1.56 bits per heavy atom. The highest BCUT2D eigenvalue weighted by atomic mass is 16.5. The van der Waals surface area contributed by atoms with Crippen molar-refractivity contribution in [2.45, 2.75) is 44.6 Å². The summed E-state index contributed by atoms with van der Waals surface area (Å²) in [6.07, 6.45) is 6.70. The Bertz CT molecular complexity index is 752. The van der Waals surface area contributed by atoms with Crippen molar-refractivity contribution in [3.05, 3.63) is 60.2 Å². The first kappa shape index (κ1) is 19.0. The highest BCUT2D eigenvalue weighted by molar-refractivity contribution is 5.94. The lowest BCUT2D eigenvalue weighted by atomic mass is 10.1. The Labute approximate surface area is 159 Å². The van der Waals surface area contributed by atoms with E-state index in [1.165, 1.54) is 12.8 Å². The largest absolute Gasteiger partial charge is 0.456 e. The Morgan fingerprint density at radius 1 is 0.889 bits per heavy atom. The van der Waals surface area contributed by atoms with Crippen LogP contribution < -0.4 is 10.1 Å². The van der Waals surface area contributed by atoms with Gasteiger partial charge in [0.05, 0.1) is 0 Å². The standard InChI is InChI=1S/C22H25NO4/c24-21(23-17-10-4-1-2-5-11-17)16-26-22(25)19-14-8-9-15-20(19)27-18-12-6-3-7-13-18/h3,6-9,12-15,17H,1-2,4-5,10-11,16H2,(H,23,24). The van der Waals surface area contributed by atoms with Crippen molar-refractivity contribution < 1.29 is 19.1 Å². The number of nitrogens with one attached hydrogen (secondary N) is 1. The van der Waals surface area contributed by atoms with Gasteiger partial charge in [-0.25, -0.2) is 4.79 Å². The fraction of sp³-hybridized carbons (Fsp3) is 0.364. The summed E-state index contributed by atoms with van der Waals surface area (Å²) in [5.74, 6) is 0.205. The molecule has 0 aliphatic heterocycles. The molecule has 2 aromatic carbocycles. The van der Waals surface area contributed by atoms with Gasteiger partial charge < -0.3 is 14.8 Å². The highest BCUT2D eigenvalue weighted by Gasteiger charge is 2.18. The molecule has 1 saturated carbocycles. The summed E-state index contributed by atoms with van der Waals surface area (Å²) in [6.45, 7) is -0.283. The molecule has 0 aromatic heterocycles. The van der Waals surface area contributed by atoms with Gasteiger partial charge in [0.25, 0.3) is 5.91 Å². The van der Waals surface area contributed by atoms with Crippen LogP contribution >= 0.6 is 0 Å². The van der Waals surface area contributed by atoms with Gasteiger partial charge in [-0.2, -0.15) is 0 Å². The third-order valence-corrected chi connectivity index (χ3v) is 4.63. The number of benzene rings is 2. The summed E-state index contributed by atoms with van der Waals surface area (Å²) in [5.41, 5.74) is 0.295. The Kier molecular flexibility index (Phi) is 6.85. The van der Waals surface area contributed by atoms with Crippen molar-refractivity contribution in [1.82, 2.24) is 5.32 Å². The van der Waals surface area contributed by atoms with Crippen LogP contribution in [0.4, 0.5) is 0 Å². The molecule has 0 bridgehead atoms. The van der Waals surface area contributed by atoms with Crippen LogP contribution in [0.5, 0.6) is 11.5 Å². The molecule has 1 fully saturated rings. The number of hydrogen-bond acceptors (Lipinski definition) is 4. The average Bonchev–Trinajstić information content (AvgIpc) is 2.96. The topological polar surface area (TPSA) is 64.6 Å². The summed E-state index contributed by atoms with van der Waals surface area (Å²) < 4.78 is 11.0. The van der Waals surface area contributed by atoms with E-state index in [4.69, 9.17) is 9.47 Å². The molecule has 0 atom stereocenters. The van der Waals surface area contributed by atoms with Crippen LogP contribution in [0.2, 0.25) is 0 Å². The third kappa shape index (κ3) is 5.84. The maximum absolute atomic E-state index is 12.4. The molecule has 1 aliphatic rings. The summed E-state index contributed by atoms with van der Waals surface area (Å²) in [5, 5.41) is 2.97. The van der Waals surface area contributed by atoms with Gasteiger partial charge in [-0.05, 0) is 37.1 Å². The van der Waals surface area contributed by atoms with Gasteiger partial charge in [-0.3, -0.25) is 4.79 Å². The van der Waals surface area contributed by atoms with E-state index in [0.717, 1.165) is 25.7 Å². The predicted molar refractivity (Wildman–Crippen MR) is 103 cm³/mol. The molecule has 5 nitrogen and oxygen atoms in total. The van der Waals surface area contributed by atoms with E-state index in [0.29, 0.717) is 17.1 Å². The number of amides is 1. The smallest absolute Gasteiger partial charge is 0.342 e. The van der Waals surface area contributed by atoms with Crippen molar-refractivity contribution >= 4 is 11.9 Å². The van der Waals surface area contributed by atoms with E-state index in [-0.39, 0.29) is 18.6 Å². The molecule has 1 amide bonds. The molecule has 27 heavy (non-hydrogen) atoms. The molecular weight excluding hydrogens is 342 g/mol. The molecule has 3 rings (SSSR count). The van der Waals surface area contributed by atoms with E-state index in [1.807, 2.05) is 30.3 Å². The van der Waals surface area contributed by atoms with Crippen LogP contribution in [0.25, 0.3) is 0 Å². The lowest BCUT2D eigenvalue weighted by molar-refractivity contribution is -0.125. The minimum absolute atomic E-state index is 0.187. The first-order valence-corrected chi connectivity index (χ1v) is 9.51. The number of hydrogen-bond donors (Lipinski definition) is 1. The van der Waals surface area contributed by atoms with E-state index in [2.05, 4.69) is 5.32 Å². The van der Waals surface area contributed by atoms with Gasteiger partial charge in [0.2, 0.25) is 0 Å². The second-order valence-electron chi connectivity index (χ2n) is 6.74. The molecule has 0 heterocycles. The van der Waals surface area contributed by atoms with Crippen molar-refractivity contribution in [1.29, 1.82) is 0 Å². The van der Waals surface area contributed by atoms with Crippen molar-refractivity contribution in [3.63, 3.8) is 0 Å². The SMILES string of the molecule is O=C(COC(=O)c1ccccc1Oc1ccccc1)NC1CCCCCC1. The van der Waals surface area contributed by atoms with Gasteiger partial charge in [0, 0.05) is 6.04 Å². The van der Waals surface area contributed by atoms with E-state index in [9.17, 15) is 9.59 Å². The Balaban J connectivity index is 1.55. The zero-order valence-electron chi connectivity index (χ0n) is 15.4. The first-order chi connectivity index (χ1) is 13.2. The molecule has 142 valence electrons. The molecule has 1 aliphatic carbocycles. The fourth-order valence-corrected chi connectivity index (χ4v) is 3.24. The predicted octanol–water partition coefficient (Wildman–Crippen LogP) is 4.47. The van der Waals surface area contributed by atoms with E-state index < -0.39 is 5.97 Å². The summed E-state index contributed by atoms with van der Waals surface area (Å²) in [7, 11) is 0. The maximum atomic E-state index is 12.4. The Morgan fingerprint density at radius 3 is 2.30 bits per heavy atom. The summed E-state index contributed by atoms with van der Waals surface area (Å²) in [4.78, 5) is 24.5. The second kappa shape index (κ2) is 9.76. The number of carbonyl (C=O) groups excluding carboxylic acids is 2. The van der Waals surface area contributed by atoms with Gasteiger partial charge in [0.1, 0.15) is 17.1 Å². The number of rotatable bonds is 6. The van der Waals surface area contributed by atoms with Crippen LogP contribution in [0.1, 0.15) is 48.9 Å². The van der Waals surface area contributed by atoms with Crippen LogP contribution in [0.15, 0.2) is 54.6 Å². The monoisotopic (exact) mass is 367 g/mol. The number of ether oxygens (including phenoxy) is 2. The molecule has 1 N–H and O–H groups in total. The zero-order chi connectivity index (χ0) is 18.9. The second-order valence-corrected chi connectivity index (χ2v) is 6.74. The van der Waals surface area contributed by atoms with Crippen LogP contribution in [-0.4, -0.2) is 24.5 Å². The van der Waals surface area contributed by atoms with Crippen LogP contribution in [-0.2, 0) is 9.53 Å². The van der Waals surface area contributed by atoms with Crippen molar-refractivity contribution in [2.24, 2.45) is 0 Å². The number of para-hydroxylation sites is 2. The molecule has 2 aromatic rings. The lowest BCUT2D eigenvalue weighted by Crippen LogP contribution is -2.37. The zero-order valence-corrected chi connectivity index (χ0v) is 15.4. The normalized spacial score (nSPS) is 14.8. The van der Waals surface area contributed by atoms with Crippen molar-refractivity contribution in [2.75, 3.05) is 6.61 Å². The maximum Gasteiger partial charge on any atom is 0.342 e. The average molecular weight is 367 g/mol. The van der Waals surface area contributed by atoms with E-state index >= 15 is 0 Å². The van der Waals surface area contributed by atoms with Crippen molar-refractivity contribution in [3.8, 4) is 11.5 Å². The molecular formula is C22H25NO4. The molecule has 0 saturated heterocycles. The molecule has 5 heteroatoms. The van der Waals surface area contributed by atoms with Crippen LogP contribution in [0, 0.1) is 0 Å². The van der Waals surface area contributed by atoms with Gasteiger partial charge in [-0.15, -0.1) is 0 Å². The number of carbonyl (C=O) groups is 2. The number of esters is 1. The molecule has 0 radical (unpaired) electrons. The Hall–Kier alpha value is -2.82. The first-order valence-electron chi connectivity index (χ1n) is 9.51. The quantitative estimate of drug-likeness (QED) is 0.604. The van der Waals surface area contributed by atoms with Gasteiger partial charge in [0.15, 0.2) is 6.61 Å². The fourth-order valence-electron chi connectivity index (χ4n) is 3.24. The summed E-state index contributed by atoms with van der Waals surface area (Å²) in [6, 6.07) is 16.3. The third-order valence-electron chi connectivity index (χ3n) is 4.63. The van der Waals surface area contributed by atoms with Gasteiger partial charge >= 0.3 is 5.97 Å². The summed E-state index contributed by atoms with van der Waals surface area (Å²) >= 11 is 0. The minimum atomic E-state index is -0.572. The van der Waals surface area contributed by atoms with Crippen LogP contribution in [0.3, 0.4) is 0 Å². The molecule has 0 spiro atoms. The van der Waals surface area contributed by atoms with Gasteiger partial charge in [-0.1, -0.05) is 56.0 Å². The van der Waals surface area contributed by atoms with E-state index in [1.54, 1.807) is 24.3 Å². The highest BCUT2D eigenvalue weighted by Crippen LogP contribution is 2.25.